The van der Waals surface area contributed by atoms with Crippen LogP contribution in [0.25, 0.3) is 10.8 Å². The molecule has 0 spiro atoms. The first kappa shape index (κ1) is 14.1. The predicted molar refractivity (Wildman–Crippen MR) is 88.6 cm³/mol. The van der Waals surface area contributed by atoms with Crippen LogP contribution in [0.15, 0.2) is 65.8 Å². The maximum atomic E-state index is 10.7. The fourth-order valence-electron chi connectivity index (χ4n) is 2.48. The van der Waals surface area contributed by atoms with Gasteiger partial charge in [0.15, 0.2) is 0 Å². The summed E-state index contributed by atoms with van der Waals surface area (Å²) < 4.78 is 0. The van der Waals surface area contributed by atoms with E-state index < -0.39 is 6.10 Å². The second kappa shape index (κ2) is 6.29. The highest BCUT2D eigenvalue weighted by molar-refractivity contribution is 7.99. The van der Waals surface area contributed by atoms with E-state index in [0.717, 1.165) is 27.7 Å². The summed E-state index contributed by atoms with van der Waals surface area (Å²) in [5, 5.41) is 12.8. The van der Waals surface area contributed by atoms with Crippen molar-refractivity contribution in [2.75, 3.05) is 5.75 Å². The molecule has 0 aliphatic heterocycles. The molecule has 0 bridgehead atoms. The van der Waals surface area contributed by atoms with Crippen LogP contribution in [0.4, 0.5) is 0 Å². The van der Waals surface area contributed by atoms with Gasteiger partial charge in [0.25, 0.3) is 0 Å². The fraction of sp³-hybridized carbons (Fsp3) is 0.167. The molecule has 1 heterocycles. The zero-order valence-electron chi connectivity index (χ0n) is 11.9. The first-order valence-corrected chi connectivity index (χ1v) is 8.01. The summed E-state index contributed by atoms with van der Waals surface area (Å²) in [6, 6.07) is 16.0. The Kier molecular flexibility index (Phi) is 4.23. The molecule has 0 saturated carbocycles. The SMILES string of the molecule is CCSc1ccc(C(O)c2cccc3cnccc23)cc1. The summed E-state index contributed by atoms with van der Waals surface area (Å²) in [6.45, 7) is 2.14. The Morgan fingerprint density at radius 3 is 2.67 bits per heavy atom. The van der Waals surface area contributed by atoms with Crippen LogP contribution < -0.4 is 0 Å². The van der Waals surface area contributed by atoms with E-state index in [1.54, 1.807) is 18.0 Å². The van der Waals surface area contributed by atoms with Crippen molar-refractivity contribution >= 4 is 22.5 Å². The van der Waals surface area contributed by atoms with Gasteiger partial charge in [-0.15, -0.1) is 11.8 Å². The Bertz CT molecular complexity index is 734. The average molecular weight is 295 g/mol. The van der Waals surface area contributed by atoms with E-state index in [2.05, 4.69) is 24.0 Å². The maximum Gasteiger partial charge on any atom is 0.105 e. The Labute approximate surface area is 128 Å². The fourth-order valence-corrected chi connectivity index (χ4v) is 3.14. The van der Waals surface area contributed by atoms with E-state index >= 15 is 0 Å². The van der Waals surface area contributed by atoms with Crippen LogP contribution in [0.1, 0.15) is 24.2 Å². The van der Waals surface area contributed by atoms with Gasteiger partial charge in [-0.3, -0.25) is 4.98 Å². The minimum absolute atomic E-state index is 0.614. The lowest BCUT2D eigenvalue weighted by molar-refractivity contribution is 0.222. The summed E-state index contributed by atoms with van der Waals surface area (Å²) in [5.41, 5.74) is 1.84. The van der Waals surface area contributed by atoms with Gasteiger partial charge in [-0.1, -0.05) is 37.3 Å². The lowest BCUT2D eigenvalue weighted by atomic mass is 9.97. The molecule has 21 heavy (non-hydrogen) atoms. The molecule has 106 valence electrons. The van der Waals surface area contributed by atoms with Gasteiger partial charge in [-0.05, 0) is 40.5 Å². The average Bonchev–Trinajstić information content (AvgIpc) is 2.55. The van der Waals surface area contributed by atoms with Crippen molar-refractivity contribution in [3.63, 3.8) is 0 Å². The summed E-state index contributed by atoms with van der Waals surface area (Å²) in [4.78, 5) is 5.37. The number of hydrogen-bond donors (Lipinski definition) is 1. The zero-order valence-corrected chi connectivity index (χ0v) is 12.7. The lowest BCUT2D eigenvalue weighted by Crippen LogP contribution is -2.00. The molecule has 0 radical (unpaired) electrons. The molecular formula is C18H17NOS. The predicted octanol–water partition coefficient (Wildman–Crippen LogP) is 4.43. The quantitative estimate of drug-likeness (QED) is 0.723. The smallest absolute Gasteiger partial charge is 0.105 e. The third-order valence-electron chi connectivity index (χ3n) is 3.52. The zero-order chi connectivity index (χ0) is 14.7. The summed E-state index contributed by atoms with van der Waals surface area (Å²) >= 11 is 1.80. The first-order valence-electron chi connectivity index (χ1n) is 7.03. The highest BCUT2D eigenvalue weighted by Gasteiger charge is 2.13. The van der Waals surface area contributed by atoms with Crippen molar-refractivity contribution in [1.29, 1.82) is 0 Å². The van der Waals surface area contributed by atoms with E-state index in [1.165, 1.54) is 4.90 Å². The van der Waals surface area contributed by atoms with E-state index in [-0.39, 0.29) is 0 Å². The third-order valence-corrected chi connectivity index (χ3v) is 4.41. The van der Waals surface area contributed by atoms with Crippen LogP contribution in [0.5, 0.6) is 0 Å². The summed E-state index contributed by atoms with van der Waals surface area (Å²) in [5.74, 6) is 1.05. The van der Waals surface area contributed by atoms with E-state index in [0.29, 0.717) is 0 Å². The highest BCUT2D eigenvalue weighted by Crippen LogP contribution is 2.29. The molecule has 0 aliphatic rings. The van der Waals surface area contributed by atoms with Crippen LogP contribution in [0, 0.1) is 0 Å². The number of aliphatic hydroxyl groups is 1. The molecule has 1 N–H and O–H groups in total. The van der Waals surface area contributed by atoms with E-state index in [9.17, 15) is 5.11 Å². The number of aliphatic hydroxyl groups excluding tert-OH is 1. The molecule has 0 fully saturated rings. The van der Waals surface area contributed by atoms with Crippen LogP contribution in [0.2, 0.25) is 0 Å². The molecule has 2 aromatic carbocycles. The molecule has 2 nitrogen and oxygen atoms in total. The molecule has 0 saturated heterocycles. The van der Waals surface area contributed by atoms with Crippen molar-refractivity contribution in [3.05, 3.63) is 72.1 Å². The molecule has 3 heteroatoms. The van der Waals surface area contributed by atoms with Gasteiger partial charge in [0.2, 0.25) is 0 Å². The molecule has 3 aromatic rings. The molecule has 0 amide bonds. The van der Waals surface area contributed by atoms with Crippen LogP contribution >= 0.6 is 11.8 Å². The summed E-state index contributed by atoms with van der Waals surface area (Å²) in [7, 11) is 0. The maximum absolute atomic E-state index is 10.7. The topological polar surface area (TPSA) is 33.1 Å². The number of hydrogen-bond acceptors (Lipinski definition) is 3. The number of pyridine rings is 1. The van der Waals surface area contributed by atoms with Crippen LogP contribution in [0.3, 0.4) is 0 Å². The minimum Gasteiger partial charge on any atom is -0.384 e. The molecule has 3 rings (SSSR count). The lowest BCUT2D eigenvalue weighted by Gasteiger charge is -2.14. The Hall–Kier alpha value is -1.84. The molecule has 1 atom stereocenters. The van der Waals surface area contributed by atoms with Crippen LogP contribution in [-0.2, 0) is 0 Å². The Morgan fingerprint density at radius 2 is 1.90 bits per heavy atom. The number of aromatic nitrogens is 1. The molecular weight excluding hydrogens is 278 g/mol. The van der Waals surface area contributed by atoms with Crippen LogP contribution in [-0.4, -0.2) is 15.8 Å². The minimum atomic E-state index is -0.614. The van der Waals surface area contributed by atoms with Crippen molar-refractivity contribution in [3.8, 4) is 0 Å². The third kappa shape index (κ3) is 2.94. The Morgan fingerprint density at radius 1 is 1.10 bits per heavy atom. The van der Waals surface area contributed by atoms with E-state index in [1.807, 2.05) is 42.6 Å². The Balaban J connectivity index is 1.98. The van der Waals surface area contributed by atoms with Gasteiger partial charge >= 0.3 is 0 Å². The normalized spacial score (nSPS) is 12.5. The molecule has 1 aromatic heterocycles. The largest absolute Gasteiger partial charge is 0.384 e. The van der Waals surface area contributed by atoms with Gasteiger partial charge < -0.3 is 5.11 Å². The van der Waals surface area contributed by atoms with Gasteiger partial charge in [-0.2, -0.15) is 0 Å². The number of thioether (sulfide) groups is 1. The van der Waals surface area contributed by atoms with Gasteiger partial charge in [0.1, 0.15) is 6.10 Å². The number of nitrogens with zero attached hydrogens (tertiary/aromatic N) is 1. The number of rotatable bonds is 4. The number of fused-ring (bicyclic) bond motifs is 1. The standard InChI is InChI=1S/C18H17NOS/c1-2-21-15-8-6-13(7-9-15)18(20)17-5-3-4-14-12-19-11-10-16(14)17/h3-12,18,20H,2H2,1H3. The molecule has 0 aliphatic carbocycles. The van der Waals surface area contributed by atoms with Gasteiger partial charge in [0, 0.05) is 22.7 Å². The second-order valence-corrected chi connectivity index (χ2v) is 6.19. The van der Waals surface area contributed by atoms with E-state index in [4.69, 9.17) is 0 Å². The monoisotopic (exact) mass is 295 g/mol. The number of benzene rings is 2. The van der Waals surface area contributed by atoms with Crippen molar-refractivity contribution in [2.45, 2.75) is 17.9 Å². The van der Waals surface area contributed by atoms with Gasteiger partial charge in [-0.25, -0.2) is 0 Å². The highest BCUT2D eigenvalue weighted by atomic mass is 32.2. The van der Waals surface area contributed by atoms with Crippen molar-refractivity contribution in [1.82, 2.24) is 4.98 Å². The van der Waals surface area contributed by atoms with Crippen molar-refractivity contribution in [2.24, 2.45) is 0 Å². The summed E-state index contributed by atoms with van der Waals surface area (Å²) in [6.07, 6.45) is 2.98. The van der Waals surface area contributed by atoms with Crippen molar-refractivity contribution < 1.29 is 5.11 Å². The second-order valence-electron chi connectivity index (χ2n) is 4.85. The first-order chi connectivity index (χ1) is 10.3. The van der Waals surface area contributed by atoms with Gasteiger partial charge in [0.05, 0.1) is 0 Å². The molecule has 1 unspecified atom stereocenters.